The monoisotopic (exact) mass is 223 g/mol. The molecule has 0 aliphatic heterocycles. The third-order valence-corrected chi connectivity index (χ3v) is 2.66. The minimum absolute atomic E-state index is 0.511. The van der Waals surface area contributed by atoms with E-state index in [1.165, 1.54) is 0 Å². The maximum atomic E-state index is 10.8. The lowest BCUT2D eigenvalue weighted by atomic mass is 10.1. The van der Waals surface area contributed by atoms with Crippen molar-refractivity contribution in [2.45, 2.75) is 53.0 Å². The van der Waals surface area contributed by atoms with Crippen molar-refractivity contribution in [3.63, 3.8) is 0 Å². The first kappa shape index (κ1) is 12.9. The van der Waals surface area contributed by atoms with Crippen LogP contribution in [0.2, 0.25) is 0 Å². The van der Waals surface area contributed by atoms with Crippen molar-refractivity contribution in [2.24, 2.45) is 5.92 Å². The first-order valence-electron chi connectivity index (χ1n) is 6.06. The maximum Gasteiger partial charge on any atom is 0.172 e. The normalized spacial score (nSPS) is 11.0. The van der Waals surface area contributed by atoms with Gasteiger partial charge in [-0.3, -0.25) is 4.79 Å². The number of carbonyl (C=O) groups is 1. The van der Waals surface area contributed by atoms with E-state index >= 15 is 0 Å². The smallest absolute Gasteiger partial charge is 0.172 e. The molecule has 90 valence electrons. The summed E-state index contributed by atoms with van der Waals surface area (Å²) < 4.78 is 1.88. The fourth-order valence-electron chi connectivity index (χ4n) is 1.61. The highest BCUT2D eigenvalue weighted by Crippen LogP contribution is 2.11. The summed E-state index contributed by atoms with van der Waals surface area (Å²) in [7, 11) is 0. The zero-order chi connectivity index (χ0) is 12.0. The molecule has 0 atom stereocenters. The highest BCUT2D eigenvalue weighted by Gasteiger charge is 2.12. The first-order valence-corrected chi connectivity index (χ1v) is 6.06. The molecule has 16 heavy (non-hydrogen) atoms. The van der Waals surface area contributed by atoms with Gasteiger partial charge in [0.2, 0.25) is 0 Å². The summed E-state index contributed by atoms with van der Waals surface area (Å²) in [6.45, 7) is 7.37. The Morgan fingerprint density at radius 1 is 1.44 bits per heavy atom. The number of unbranched alkanes of at least 4 members (excludes halogenated alkanes) is 1. The van der Waals surface area contributed by atoms with Crippen LogP contribution in [0.3, 0.4) is 0 Å². The second-order valence-corrected chi connectivity index (χ2v) is 4.55. The van der Waals surface area contributed by atoms with Crippen LogP contribution in [0.15, 0.2) is 0 Å². The molecule has 0 aliphatic carbocycles. The van der Waals surface area contributed by atoms with Gasteiger partial charge in [-0.25, -0.2) is 4.68 Å². The molecule has 0 spiro atoms. The number of aldehydes is 1. The van der Waals surface area contributed by atoms with Gasteiger partial charge in [0, 0.05) is 6.54 Å². The number of aromatic nitrogens is 3. The molecule has 1 aromatic rings. The van der Waals surface area contributed by atoms with Crippen LogP contribution in [-0.4, -0.2) is 21.3 Å². The molecule has 1 heterocycles. The van der Waals surface area contributed by atoms with Crippen LogP contribution in [0.25, 0.3) is 0 Å². The van der Waals surface area contributed by atoms with Gasteiger partial charge in [0.05, 0.1) is 5.69 Å². The van der Waals surface area contributed by atoms with Gasteiger partial charge in [-0.1, -0.05) is 32.4 Å². The summed E-state index contributed by atoms with van der Waals surface area (Å²) in [6.07, 6.45) is 4.98. The number of hydrogen-bond acceptors (Lipinski definition) is 3. The average Bonchev–Trinajstić information content (AvgIpc) is 2.65. The maximum absolute atomic E-state index is 10.8. The predicted molar refractivity (Wildman–Crippen MR) is 63.5 cm³/mol. The topological polar surface area (TPSA) is 47.8 Å². The third kappa shape index (κ3) is 3.43. The molecule has 4 heteroatoms. The van der Waals surface area contributed by atoms with Gasteiger partial charge >= 0.3 is 0 Å². The molecule has 4 nitrogen and oxygen atoms in total. The second kappa shape index (κ2) is 6.40. The number of hydrogen-bond donors (Lipinski definition) is 0. The van der Waals surface area contributed by atoms with E-state index in [4.69, 9.17) is 0 Å². The van der Waals surface area contributed by atoms with Crippen LogP contribution in [0.4, 0.5) is 0 Å². The van der Waals surface area contributed by atoms with Crippen molar-refractivity contribution in [3.05, 3.63) is 11.4 Å². The van der Waals surface area contributed by atoms with Crippen LogP contribution < -0.4 is 0 Å². The van der Waals surface area contributed by atoms with Crippen molar-refractivity contribution in [1.82, 2.24) is 15.0 Å². The largest absolute Gasteiger partial charge is 0.296 e. The van der Waals surface area contributed by atoms with Crippen LogP contribution in [0.1, 0.15) is 56.2 Å². The zero-order valence-electron chi connectivity index (χ0n) is 10.4. The van der Waals surface area contributed by atoms with E-state index in [2.05, 4.69) is 31.1 Å². The van der Waals surface area contributed by atoms with Crippen molar-refractivity contribution >= 4 is 6.29 Å². The molecular weight excluding hydrogens is 202 g/mol. The number of carbonyl (C=O) groups excluding carboxylic acids is 1. The zero-order valence-corrected chi connectivity index (χ0v) is 10.4. The van der Waals surface area contributed by atoms with Crippen LogP contribution in [0, 0.1) is 5.92 Å². The second-order valence-electron chi connectivity index (χ2n) is 4.55. The quantitative estimate of drug-likeness (QED) is 0.667. The molecule has 0 aliphatic rings. The van der Waals surface area contributed by atoms with E-state index in [0.29, 0.717) is 11.6 Å². The fourth-order valence-corrected chi connectivity index (χ4v) is 1.61. The molecule has 0 N–H and O–H groups in total. The Morgan fingerprint density at radius 2 is 2.19 bits per heavy atom. The van der Waals surface area contributed by atoms with Crippen LogP contribution in [0.5, 0.6) is 0 Å². The molecular formula is C12H21N3O. The van der Waals surface area contributed by atoms with Gasteiger partial charge in [-0.15, -0.1) is 5.10 Å². The lowest BCUT2D eigenvalue weighted by molar-refractivity contribution is 0.111. The van der Waals surface area contributed by atoms with E-state index < -0.39 is 0 Å². The van der Waals surface area contributed by atoms with Crippen molar-refractivity contribution < 1.29 is 4.79 Å². The highest BCUT2D eigenvalue weighted by molar-refractivity contribution is 5.73. The minimum atomic E-state index is 0.511. The molecule has 0 saturated carbocycles. The Balaban J connectivity index is 2.74. The van der Waals surface area contributed by atoms with Gasteiger partial charge in [-0.2, -0.15) is 0 Å². The van der Waals surface area contributed by atoms with Gasteiger partial charge in [-0.05, 0) is 25.2 Å². The third-order valence-electron chi connectivity index (χ3n) is 2.66. The van der Waals surface area contributed by atoms with E-state index in [1.54, 1.807) is 0 Å². The van der Waals surface area contributed by atoms with E-state index in [1.807, 2.05) is 4.68 Å². The molecule has 1 rings (SSSR count). The first-order chi connectivity index (χ1) is 7.69. The Hall–Kier alpha value is -1.19. The summed E-state index contributed by atoms with van der Waals surface area (Å²) in [5.41, 5.74) is 1.51. The lowest BCUT2D eigenvalue weighted by Crippen LogP contribution is -2.07. The SMILES string of the molecule is CCCCn1nnc(C=O)c1CCC(C)C. The minimum Gasteiger partial charge on any atom is -0.296 e. The molecule has 0 fully saturated rings. The number of rotatable bonds is 7. The fraction of sp³-hybridized carbons (Fsp3) is 0.750. The molecule has 0 bridgehead atoms. The Morgan fingerprint density at radius 3 is 2.75 bits per heavy atom. The van der Waals surface area contributed by atoms with E-state index in [-0.39, 0.29) is 0 Å². The van der Waals surface area contributed by atoms with E-state index in [9.17, 15) is 4.79 Å². The summed E-state index contributed by atoms with van der Waals surface area (Å²) >= 11 is 0. The Kier molecular flexibility index (Phi) is 5.15. The summed E-state index contributed by atoms with van der Waals surface area (Å²) in [5, 5.41) is 7.95. The van der Waals surface area contributed by atoms with Gasteiger partial charge in [0.15, 0.2) is 6.29 Å². The van der Waals surface area contributed by atoms with Crippen molar-refractivity contribution in [3.8, 4) is 0 Å². The molecule has 0 aromatic carbocycles. The van der Waals surface area contributed by atoms with Crippen molar-refractivity contribution in [2.75, 3.05) is 0 Å². The molecule has 0 radical (unpaired) electrons. The van der Waals surface area contributed by atoms with Crippen LogP contribution >= 0.6 is 0 Å². The van der Waals surface area contributed by atoms with Crippen molar-refractivity contribution in [1.29, 1.82) is 0 Å². The van der Waals surface area contributed by atoms with Gasteiger partial charge < -0.3 is 0 Å². The number of nitrogens with zero attached hydrogens (tertiary/aromatic N) is 3. The summed E-state index contributed by atoms with van der Waals surface area (Å²) in [5.74, 6) is 0.633. The number of aryl methyl sites for hydroxylation is 1. The molecule has 0 amide bonds. The Bertz CT molecular complexity index is 331. The van der Waals surface area contributed by atoms with Gasteiger partial charge in [0.25, 0.3) is 0 Å². The molecule has 1 aromatic heterocycles. The highest BCUT2D eigenvalue weighted by atomic mass is 16.1. The lowest BCUT2D eigenvalue weighted by Gasteiger charge is -2.07. The van der Waals surface area contributed by atoms with E-state index in [0.717, 1.165) is 44.2 Å². The predicted octanol–water partition coefficient (Wildman–Crippen LogP) is 2.48. The standard InChI is InChI=1S/C12H21N3O/c1-4-5-8-15-12(7-6-10(2)3)11(9-16)13-14-15/h9-10H,4-8H2,1-3H3. The van der Waals surface area contributed by atoms with Crippen LogP contribution in [-0.2, 0) is 13.0 Å². The average molecular weight is 223 g/mol. The Labute approximate surface area is 97.0 Å². The summed E-state index contributed by atoms with van der Waals surface area (Å²) in [4.78, 5) is 10.8. The summed E-state index contributed by atoms with van der Waals surface area (Å²) in [6, 6.07) is 0. The van der Waals surface area contributed by atoms with Gasteiger partial charge in [0.1, 0.15) is 5.69 Å². The molecule has 0 unspecified atom stereocenters. The molecule has 0 saturated heterocycles.